The van der Waals surface area contributed by atoms with Gasteiger partial charge in [-0.25, -0.2) is 0 Å². The lowest BCUT2D eigenvalue weighted by Gasteiger charge is -2.11. The summed E-state index contributed by atoms with van der Waals surface area (Å²) in [6.07, 6.45) is 0. The topological polar surface area (TPSA) is 67.2 Å². The van der Waals surface area contributed by atoms with Gasteiger partial charge in [0.25, 0.3) is 5.69 Å². The monoisotopic (exact) mass is 301 g/mol. The summed E-state index contributed by atoms with van der Waals surface area (Å²) in [6, 6.07) is 14.2. The largest absolute Gasteiger partial charge is 0.358 e. The van der Waals surface area contributed by atoms with Gasteiger partial charge in [0, 0.05) is 24.4 Å². The molecule has 0 aliphatic carbocycles. The summed E-state index contributed by atoms with van der Waals surface area (Å²) in [5, 5.41) is 17.2. The van der Waals surface area contributed by atoms with E-state index in [0.717, 1.165) is 0 Å². The minimum Gasteiger partial charge on any atom is -0.358 e. The van der Waals surface area contributed by atoms with Crippen LogP contribution in [0.1, 0.15) is 11.1 Å². The average molecular weight is 301 g/mol. The Kier molecular flexibility index (Phi) is 4.84. The highest BCUT2D eigenvalue weighted by Crippen LogP contribution is 2.15. The van der Waals surface area contributed by atoms with Crippen LogP contribution in [-0.2, 0) is 6.54 Å². The number of hydrogen-bond donors (Lipinski definition) is 2. The van der Waals surface area contributed by atoms with Crippen molar-refractivity contribution in [1.82, 2.24) is 5.32 Å². The Hall–Kier alpha value is -2.47. The van der Waals surface area contributed by atoms with E-state index >= 15 is 0 Å². The molecule has 0 radical (unpaired) electrons. The molecule has 0 amide bonds. The molecule has 2 N–H and O–H groups in total. The summed E-state index contributed by atoms with van der Waals surface area (Å²) < 4.78 is 0. The standard InChI is InChI=1S/C15H15N3O2S/c1-11-4-2-3-5-12(11)10-16-15(21)17-13-6-8-14(9-7-13)18(19)20/h2-9H,10H2,1H3,(H2,16,17,21). The van der Waals surface area contributed by atoms with E-state index < -0.39 is 4.92 Å². The highest BCUT2D eigenvalue weighted by Gasteiger charge is 2.05. The van der Waals surface area contributed by atoms with Gasteiger partial charge in [-0.3, -0.25) is 10.1 Å². The minimum atomic E-state index is -0.432. The zero-order valence-electron chi connectivity index (χ0n) is 11.5. The second-order valence-electron chi connectivity index (χ2n) is 4.54. The highest BCUT2D eigenvalue weighted by atomic mass is 32.1. The van der Waals surface area contributed by atoms with E-state index in [1.54, 1.807) is 12.1 Å². The Labute approximate surface area is 128 Å². The van der Waals surface area contributed by atoms with Gasteiger partial charge in [-0.2, -0.15) is 0 Å². The molecule has 21 heavy (non-hydrogen) atoms. The molecule has 2 aromatic rings. The number of nitro groups is 1. The van der Waals surface area contributed by atoms with E-state index in [1.807, 2.05) is 31.2 Å². The van der Waals surface area contributed by atoms with Crippen LogP contribution >= 0.6 is 12.2 Å². The molecule has 0 fully saturated rings. The summed E-state index contributed by atoms with van der Waals surface area (Å²) in [7, 11) is 0. The molecule has 0 aliphatic rings. The van der Waals surface area contributed by atoms with Crippen molar-refractivity contribution < 1.29 is 4.92 Å². The third-order valence-electron chi connectivity index (χ3n) is 3.04. The fourth-order valence-corrected chi connectivity index (χ4v) is 2.02. The zero-order chi connectivity index (χ0) is 15.2. The van der Waals surface area contributed by atoms with Gasteiger partial charge >= 0.3 is 0 Å². The second kappa shape index (κ2) is 6.81. The molecule has 0 saturated heterocycles. The Morgan fingerprint density at radius 1 is 1.19 bits per heavy atom. The van der Waals surface area contributed by atoms with Crippen molar-refractivity contribution in [3.8, 4) is 0 Å². The predicted octanol–water partition coefficient (Wildman–Crippen LogP) is 3.39. The Morgan fingerprint density at radius 2 is 1.86 bits per heavy atom. The minimum absolute atomic E-state index is 0.0549. The quantitative estimate of drug-likeness (QED) is 0.515. The molecule has 0 heterocycles. The van der Waals surface area contributed by atoms with Gasteiger partial charge in [0.15, 0.2) is 5.11 Å². The molecule has 0 bridgehead atoms. The van der Waals surface area contributed by atoms with E-state index in [4.69, 9.17) is 12.2 Å². The summed E-state index contributed by atoms with van der Waals surface area (Å²) in [4.78, 5) is 10.1. The molecular formula is C15H15N3O2S. The first-order valence-corrected chi connectivity index (χ1v) is 6.81. The molecule has 0 spiro atoms. The Morgan fingerprint density at radius 3 is 2.48 bits per heavy atom. The van der Waals surface area contributed by atoms with Crippen molar-refractivity contribution in [1.29, 1.82) is 0 Å². The van der Waals surface area contributed by atoms with Crippen LogP contribution in [-0.4, -0.2) is 10.0 Å². The number of benzene rings is 2. The van der Waals surface area contributed by atoms with Crippen LogP contribution in [0, 0.1) is 17.0 Å². The molecule has 2 aromatic carbocycles. The molecule has 0 atom stereocenters. The number of hydrogen-bond acceptors (Lipinski definition) is 3. The van der Waals surface area contributed by atoms with E-state index in [9.17, 15) is 10.1 Å². The fourth-order valence-electron chi connectivity index (χ4n) is 1.83. The first kappa shape index (κ1) is 14.9. The number of aryl methyl sites for hydroxylation is 1. The number of nitro benzene ring substituents is 1. The van der Waals surface area contributed by atoms with Crippen LogP contribution in [0.5, 0.6) is 0 Å². The summed E-state index contributed by atoms with van der Waals surface area (Å²) >= 11 is 5.21. The third kappa shape index (κ3) is 4.25. The van der Waals surface area contributed by atoms with Crippen molar-refractivity contribution in [2.75, 3.05) is 5.32 Å². The molecule has 0 saturated carbocycles. The number of non-ortho nitro benzene ring substituents is 1. The molecule has 108 valence electrons. The zero-order valence-corrected chi connectivity index (χ0v) is 12.3. The van der Waals surface area contributed by atoms with E-state index in [2.05, 4.69) is 10.6 Å². The van der Waals surface area contributed by atoms with Crippen LogP contribution in [0.25, 0.3) is 0 Å². The predicted molar refractivity (Wildman–Crippen MR) is 87.3 cm³/mol. The molecule has 5 nitrogen and oxygen atoms in total. The molecule has 2 rings (SSSR count). The first-order valence-electron chi connectivity index (χ1n) is 6.40. The van der Waals surface area contributed by atoms with Gasteiger partial charge in [-0.1, -0.05) is 24.3 Å². The third-order valence-corrected chi connectivity index (χ3v) is 3.28. The van der Waals surface area contributed by atoms with Crippen molar-refractivity contribution in [2.24, 2.45) is 0 Å². The van der Waals surface area contributed by atoms with Crippen LogP contribution in [0.15, 0.2) is 48.5 Å². The number of anilines is 1. The smallest absolute Gasteiger partial charge is 0.269 e. The van der Waals surface area contributed by atoms with E-state index in [0.29, 0.717) is 17.3 Å². The lowest BCUT2D eigenvalue weighted by molar-refractivity contribution is -0.384. The summed E-state index contributed by atoms with van der Waals surface area (Å²) in [5.74, 6) is 0. The molecular weight excluding hydrogens is 286 g/mol. The summed E-state index contributed by atoms with van der Waals surface area (Å²) in [5.41, 5.74) is 3.13. The average Bonchev–Trinajstić information content (AvgIpc) is 2.47. The van der Waals surface area contributed by atoms with Gasteiger partial charge in [0.1, 0.15) is 0 Å². The van der Waals surface area contributed by atoms with Crippen molar-refractivity contribution in [2.45, 2.75) is 13.5 Å². The van der Waals surface area contributed by atoms with Gasteiger partial charge in [-0.05, 0) is 42.4 Å². The maximum Gasteiger partial charge on any atom is 0.269 e. The first-order chi connectivity index (χ1) is 10.1. The Balaban J connectivity index is 1.90. The van der Waals surface area contributed by atoms with E-state index in [1.165, 1.54) is 23.3 Å². The second-order valence-corrected chi connectivity index (χ2v) is 4.95. The Bertz CT molecular complexity index is 656. The molecule has 0 aromatic heterocycles. The molecule has 0 aliphatic heterocycles. The lowest BCUT2D eigenvalue weighted by Crippen LogP contribution is -2.28. The fraction of sp³-hybridized carbons (Fsp3) is 0.133. The van der Waals surface area contributed by atoms with Crippen LogP contribution < -0.4 is 10.6 Å². The van der Waals surface area contributed by atoms with Crippen molar-refractivity contribution >= 4 is 28.7 Å². The van der Waals surface area contributed by atoms with Gasteiger partial charge in [0.2, 0.25) is 0 Å². The van der Waals surface area contributed by atoms with E-state index in [-0.39, 0.29) is 5.69 Å². The van der Waals surface area contributed by atoms with Crippen LogP contribution in [0.4, 0.5) is 11.4 Å². The SMILES string of the molecule is Cc1ccccc1CNC(=S)Nc1ccc([N+](=O)[O-])cc1. The molecule has 6 heteroatoms. The van der Waals surface area contributed by atoms with Gasteiger partial charge in [0.05, 0.1) is 4.92 Å². The maximum absolute atomic E-state index is 10.6. The molecule has 0 unspecified atom stereocenters. The number of thiocarbonyl (C=S) groups is 1. The lowest BCUT2D eigenvalue weighted by atomic mass is 10.1. The van der Waals surface area contributed by atoms with Crippen molar-refractivity contribution in [3.63, 3.8) is 0 Å². The number of nitrogens with one attached hydrogen (secondary N) is 2. The van der Waals surface area contributed by atoms with Crippen LogP contribution in [0.3, 0.4) is 0 Å². The van der Waals surface area contributed by atoms with Gasteiger partial charge < -0.3 is 10.6 Å². The normalized spacial score (nSPS) is 9.95. The van der Waals surface area contributed by atoms with Crippen molar-refractivity contribution in [3.05, 3.63) is 69.8 Å². The number of nitrogens with zero attached hydrogens (tertiary/aromatic N) is 1. The summed E-state index contributed by atoms with van der Waals surface area (Å²) in [6.45, 7) is 2.68. The van der Waals surface area contributed by atoms with Gasteiger partial charge in [-0.15, -0.1) is 0 Å². The number of rotatable bonds is 4. The maximum atomic E-state index is 10.6. The van der Waals surface area contributed by atoms with Crippen LogP contribution in [0.2, 0.25) is 0 Å². The highest BCUT2D eigenvalue weighted by molar-refractivity contribution is 7.80.